The maximum Gasteiger partial charge on any atom is 0.191 e. The van der Waals surface area contributed by atoms with Crippen molar-refractivity contribution in [3.05, 3.63) is 24.3 Å². The lowest BCUT2D eigenvalue weighted by atomic mass is 10.1. The fourth-order valence-corrected chi connectivity index (χ4v) is 3.14. The average molecular weight is 363 g/mol. The van der Waals surface area contributed by atoms with Crippen molar-refractivity contribution in [3.63, 3.8) is 0 Å². The lowest BCUT2D eigenvalue weighted by molar-refractivity contribution is 0.265. The first kappa shape index (κ1) is 20.4. The number of nitrogens with zero attached hydrogens (tertiary/aromatic N) is 2. The van der Waals surface area contributed by atoms with E-state index < -0.39 is 0 Å². The van der Waals surface area contributed by atoms with Crippen LogP contribution in [0.15, 0.2) is 29.3 Å². The van der Waals surface area contributed by atoms with E-state index in [0.717, 1.165) is 43.5 Å². The van der Waals surface area contributed by atoms with E-state index >= 15 is 0 Å². The van der Waals surface area contributed by atoms with Crippen LogP contribution in [0, 0.1) is 5.92 Å². The Morgan fingerprint density at radius 3 is 2.73 bits per heavy atom. The summed E-state index contributed by atoms with van der Waals surface area (Å²) in [6, 6.07) is 8.72. The van der Waals surface area contributed by atoms with Gasteiger partial charge >= 0.3 is 0 Å². The van der Waals surface area contributed by atoms with Gasteiger partial charge < -0.3 is 20.1 Å². The second-order valence-electron chi connectivity index (χ2n) is 7.16. The number of ether oxygens (including phenoxy) is 2. The van der Waals surface area contributed by atoms with Gasteiger partial charge in [-0.1, -0.05) is 13.0 Å². The third-order valence-corrected chi connectivity index (χ3v) is 4.84. The minimum atomic E-state index is 0.441. The standard InChI is InChI=1S/C20H34N4O2/c1-15(2)24-13-16(3)19(14-24)23-20(21-4)22-10-7-11-26-18-9-6-8-17(12-18)25-5/h6,8-9,12,15-16,19H,7,10-11,13-14H2,1-5H3,(H2,21,22,23). The van der Waals surface area contributed by atoms with Gasteiger partial charge in [0.2, 0.25) is 0 Å². The molecule has 0 radical (unpaired) electrons. The van der Waals surface area contributed by atoms with Crippen molar-refractivity contribution >= 4 is 5.96 Å². The fraction of sp³-hybridized carbons (Fsp3) is 0.650. The van der Waals surface area contributed by atoms with Crippen molar-refractivity contribution in [2.75, 3.05) is 40.4 Å². The van der Waals surface area contributed by atoms with Crippen molar-refractivity contribution in [2.24, 2.45) is 10.9 Å². The molecule has 26 heavy (non-hydrogen) atoms. The van der Waals surface area contributed by atoms with Gasteiger partial charge in [0.25, 0.3) is 0 Å². The summed E-state index contributed by atoms with van der Waals surface area (Å²) in [7, 11) is 3.48. The van der Waals surface area contributed by atoms with Crippen LogP contribution in [-0.2, 0) is 0 Å². The van der Waals surface area contributed by atoms with Crippen LogP contribution in [0.25, 0.3) is 0 Å². The monoisotopic (exact) mass is 362 g/mol. The summed E-state index contributed by atoms with van der Waals surface area (Å²) in [6.07, 6.45) is 0.899. The van der Waals surface area contributed by atoms with Crippen molar-refractivity contribution < 1.29 is 9.47 Å². The Morgan fingerprint density at radius 1 is 1.31 bits per heavy atom. The number of benzene rings is 1. The van der Waals surface area contributed by atoms with Crippen LogP contribution in [0.1, 0.15) is 27.2 Å². The summed E-state index contributed by atoms with van der Waals surface area (Å²) in [6.45, 7) is 10.5. The summed E-state index contributed by atoms with van der Waals surface area (Å²) in [5, 5.41) is 6.95. The Morgan fingerprint density at radius 2 is 2.08 bits per heavy atom. The Balaban J connectivity index is 1.67. The van der Waals surface area contributed by atoms with E-state index in [1.165, 1.54) is 0 Å². The molecule has 0 aromatic heterocycles. The summed E-state index contributed by atoms with van der Waals surface area (Å²) in [5.41, 5.74) is 0. The van der Waals surface area contributed by atoms with Gasteiger partial charge in [-0.15, -0.1) is 0 Å². The zero-order valence-electron chi connectivity index (χ0n) is 16.8. The van der Waals surface area contributed by atoms with Gasteiger partial charge in [0.1, 0.15) is 11.5 Å². The van der Waals surface area contributed by atoms with Crippen LogP contribution in [0.2, 0.25) is 0 Å². The summed E-state index contributed by atoms with van der Waals surface area (Å²) < 4.78 is 11.0. The highest BCUT2D eigenvalue weighted by molar-refractivity contribution is 5.80. The molecule has 0 aliphatic carbocycles. The second kappa shape index (κ2) is 10.3. The summed E-state index contributed by atoms with van der Waals surface area (Å²) in [4.78, 5) is 6.86. The molecule has 0 amide bonds. The molecule has 0 bridgehead atoms. The van der Waals surface area contributed by atoms with E-state index in [2.05, 4.69) is 41.3 Å². The van der Waals surface area contributed by atoms with E-state index in [9.17, 15) is 0 Å². The SMILES string of the molecule is CN=C(NCCCOc1cccc(OC)c1)NC1CN(C(C)C)CC1C. The van der Waals surface area contributed by atoms with Crippen LogP contribution >= 0.6 is 0 Å². The Bertz CT molecular complexity index is 577. The fourth-order valence-electron chi connectivity index (χ4n) is 3.14. The van der Waals surface area contributed by atoms with Gasteiger partial charge in [0.15, 0.2) is 5.96 Å². The molecular formula is C20H34N4O2. The summed E-state index contributed by atoms with van der Waals surface area (Å²) >= 11 is 0. The first-order chi connectivity index (χ1) is 12.5. The second-order valence-corrected chi connectivity index (χ2v) is 7.16. The van der Waals surface area contributed by atoms with Gasteiger partial charge in [0, 0.05) is 44.8 Å². The molecule has 2 N–H and O–H groups in total. The zero-order chi connectivity index (χ0) is 18.9. The van der Waals surface area contributed by atoms with E-state index in [-0.39, 0.29) is 0 Å². The van der Waals surface area contributed by atoms with E-state index in [1.807, 2.05) is 31.3 Å². The molecule has 0 saturated carbocycles. The molecule has 1 aromatic carbocycles. The highest BCUT2D eigenvalue weighted by Gasteiger charge is 2.31. The molecule has 2 unspecified atom stereocenters. The van der Waals surface area contributed by atoms with Gasteiger partial charge in [-0.25, -0.2) is 0 Å². The van der Waals surface area contributed by atoms with Crippen LogP contribution in [-0.4, -0.2) is 63.3 Å². The predicted octanol–water partition coefficient (Wildman–Crippen LogP) is 2.36. The average Bonchev–Trinajstić information content (AvgIpc) is 3.01. The molecule has 1 aromatic rings. The van der Waals surface area contributed by atoms with Crippen LogP contribution in [0.4, 0.5) is 0 Å². The quantitative estimate of drug-likeness (QED) is 0.422. The maximum absolute atomic E-state index is 5.77. The zero-order valence-corrected chi connectivity index (χ0v) is 16.8. The number of nitrogens with one attached hydrogen (secondary N) is 2. The smallest absolute Gasteiger partial charge is 0.191 e. The molecular weight excluding hydrogens is 328 g/mol. The normalized spacial score (nSPS) is 21.1. The van der Waals surface area contributed by atoms with Gasteiger partial charge in [0.05, 0.1) is 13.7 Å². The number of guanidine groups is 1. The molecule has 1 fully saturated rings. The molecule has 2 atom stereocenters. The van der Waals surface area contributed by atoms with Crippen molar-refractivity contribution in [2.45, 2.75) is 39.3 Å². The first-order valence-electron chi connectivity index (χ1n) is 9.51. The molecule has 2 rings (SSSR count). The number of hydrogen-bond donors (Lipinski definition) is 2. The number of aliphatic imine (C=N–C) groups is 1. The molecule has 0 spiro atoms. The molecule has 1 aliphatic heterocycles. The van der Waals surface area contributed by atoms with Crippen LogP contribution in [0.5, 0.6) is 11.5 Å². The van der Waals surface area contributed by atoms with Crippen molar-refractivity contribution in [1.29, 1.82) is 0 Å². The first-order valence-corrected chi connectivity index (χ1v) is 9.51. The molecule has 1 heterocycles. The Labute approximate surface area is 158 Å². The topological polar surface area (TPSA) is 58.1 Å². The lowest BCUT2D eigenvalue weighted by Crippen LogP contribution is -2.47. The molecule has 6 nitrogen and oxygen atoms in total. The largest absolute Gasteiger partial charge is 0.497 e. The van der Waals surface area contributed by atoms with Crippen LogP contribution < -0.4 is 20.1 Å². The molecule has 1 aliphatic rings. The van der Waals surface area contributed by atoms with E-state index in [4.69, 9.17) is 9.47 Å². The van der Waals surface area contributed by atoms with Crippen LogP contribution in [0.3, 0.4) is 0 Å². The molecule has 6 heteroatoms. The van der Waals surface area contributed by atoms with Crippen molar-refractivity contribution in [3.8, 4) is 11.5 Å². The van der Waals surface area contributed by atoms with Gasteiger partial charge in [-0.3, -0.25) is 9.89 Å². The third-order valence-electron chi connectivity index (χ3n) is 4.84. The highest BCUT2D eigenvalue weighted by Crippen LogP contribution is 2.19. The highest BCUT2D eigenvalue weighted by atomic mass is 16.5. The minimum absolute atomic E-state index is 0.441. The number of likely N-dealkylation sites (tertiary alicyclic amines) is 1. The Hall–Kier alpha value is -1.95. The van der Waals surface area contributed by atoms with E-state index in [0.29, 0.717) is 24.6 Å². The lowest BCUT2D eigenvalue weighted by Gasteiger charge is -2.22. The number of rotatable bonds is 8. The summed E-state index contributed by atoms with van der Waals surface area (Å²) in [5.74, 6) is 3.13. The van der Waals surface area contributed by atoms with E-state index in [1.54, 1.807) is 7.11 Å². The third kappa shape index (κ3) is 6.09. The maximum atomic E-state index is 5.77. The van der Waals surface area contributed by atoms with Gasteiger partial charge in [-0.2, -0.15) is 0 Å². The predicted molar refractivity (Wildman–Crippen MR) is 107 cm³/mol. The van der Waals surface area contributed by atoms with Gasteiger partial charge in [-0.05, 0) is 38.3 Å². The Kier molecular flexibility index (Phi) is 8.04. The minimum Gasteiger partial charge on any atom is -0.497 e. The van der Waals surface area contributed by atoms with Crippen molar-refractivity contribution in [1.82, 2.24) is 15.5 Å². The molecule has 146 valence electrons. The number of methoxy groups -OCH3 is 1. The number of hydrogen-bond acceptors (Lipinski definition) is 4. The molecule has 1 saturated heterocycles.